The molecule has 3 aliphatic rings. The molecule has 3 aliphatic heterocycles. The minimum absolute atomic E-state index is 0.0457. The molecule has 0 saturated carbocycles. The van der Waals surface area contributed by atoms with Crippen LogP contribution >= 0.6 is 12.6 Å². The second-order valence-electron chi connectivity index (χ2n) is 16.9. The molecule has 1 aromatic heterocycles. The molecule has 4 heterocycles. The number of aromatic amines is 1. The lowest BCUT2D eigenvalue weighted by Gasteiger charge is -2.31. The number of aliphatic carboxylic acids is 2. The molecular formula is C42H59N9O11S. The third-order valence-electron chi connectivity index (χ3n) is 11.7. The smallest absolute Gasteiger partial charge is 0.326 e. The number of hydrogen-bond acceptors (Lipinski definition) is 11. The minimum Gasteiger partial charge on any atom is -0.481 e. The number of benzene rings is 1. The molecule has 21 heteroatoms. The molecule has 0 aliphatic carbocycles. The highest BCUT2D eigenvalue weighted by molar-refractivity contribution is 7.81. The van der Waals surface area contributed by atoms with Gasteiger partial charge in [-0.2, -0.15) is 12.6 Å². The first kappa shape index (κ1) is 48.3. The number of carboxylic acids is 2. The quantitative estimate of drug-likeness (QED) is 0.0714. The van der Waals surface area contributed by atoms with Gasteiger partial charge in [-0.25, -0.2) is 4.79 Å². The summed E-state index contributed by atoms with van der Waals surface area (Å²) >= 11 is 4.58. The molecule has 10 N–H and O–H groups in total. The van der Waals surface area contributed by atoms with Gasteiger partial charge in [-0.3, -0.25) is 38.4 Å². The first-order valence-electron chi connectivity index (χ1n) is 21.4. The highest BCUT2D eigenvalue weighted by Crippen LogP contribution is 2.26. The van der Waals surface area contributed by atoms with Crippen molar-refractivity contribution in [1.29, 1.82) is 0 Å². The second kappa shape index (κ2) is 22.1. The number of carboxylic acid groups (broad SMARTS) is 2. The van der Waals surface area contributed by atoms with Gasteiger partial charge in [0.2, 0.25) is 41.4 Å². The molecule has 3 saturated heterocycles. The number of nitrogens with two attached hydrogens (primary N) is 1. The van der Waals surface area contributed by atoms with Gasteiger partial charge >= 0.3 is 11.9 Å². The zero-order valence-corrected chi connectivity index (χ0v) is 36.4. The third kappa shape index (κ3) is 12.9. The van der Waals surface area contributed by atoms with Crippen molar-refractivity contribution < 1.29 is 53.4 Å². The maximum absolute atomic E-state index is 14.4. The first-order valence-corrected chi connectivity index (χ1v) is 22.0. The van der Waals surface area contributed by atoms with Crippen LogP contribution in [0.25, 0.3) is 10.9 Å². The molecule has 1 aromatic carbocycles. The van der Waals surface area contributed by atoms with Crippen LogP contribution in [0.5, 0.6) is 0 Å². The average Bonchev–Trinajstić information content (AvgIpc) is 4.07. The Hall–Kier alpha value is -5.70. The van der Waals surface area contributed by atoms with E-state index in [1.807, 2.05) is 24.3 Å². The zero-order chi connectivity index (χ0) is 46.0. The molecule has 63 heavy (non-hydrogen) atoms. The number of H-pyrrole nitrogens is 1. The number of carbonyl (C=O) groups is 9. The SMILES string of the molecule is CC(C)C[C@H](NC(=O)[C@@H]1CCCN1C(=O)[C@H](CCC(=O)O)NC(=O)[C@H](Cc1c[nH]c2ccccc12)NC(=O)[C@@H]1C[C@@H](S)CN1C(=O)[C@@H]1CCCN1)C(=O)N[C@@H](CCC(N)=O)C(=O)O. The van der Waals surface area contributed by atoms with Gasteiger partial charge in [0.05, 0.1) is 6.04 Å². The highest BCUT2D eigenvalue weighted by atomic mass is 32.1. The lowest BCUT2D eigenvalue weighted by atomic mass is 10.0. The Labute approximate surface area is 370 Å². The fraction of sp³-hybridized carbons (Fsp3) is 0.595. The third-order valence-corrected chi connectivity index (χ3v) is 12.1. The van der Waals surface area contributed by atoms with Crippen LogP contribution in [0, 0.1) is 5.92 Å². The molecule has 2 aromatic rings. The molecule has 0 spiro atoms. The summed E-state index contributed by atoms with van der Waals surface area (Å²) in [7, 11) is 0. The number of para-hydroxylation sites is 1. The van der Waals surface area contributed by atoms with Crippen molar-refractivity contribution in [2.45, 2.75) is 132 Å². The number of carbonyl (C=O) groups excluding carboxylic acids is 7. The highest BCUT2D eigenvalue weighted by Gasteiger charge is 2.43. The van der Waals surface area contributed by atoms with Gasteiger partial charge in [0.25, 0.3) is 0 Å². The van der Waals surface area contributed by atoms with Crippen molar-refractivity contribution in [2.75, 3.05) is 19.6 Å². The Morgan fingerprint density at radius 1 is 0.825 bits per heavy atom. The van der Waals surface area contributed by atoms with Crippen molar-refractivity contribution in [3.05, 3.63) is 36.0 Å². The van der Waals surface area contributed by atoms with E-state index in [-0.39, 0.29) is 75.1 Å². The monoisotopic (exact) mass is 897 g/mol. The number of hydrogen-bond donors (Lipinski definition) is 10. The lowest BCUT2D eigenvalue weighted by molar-refractivity contribution is -0.144. The number of amides is 7. The van der Waals surface area contributed by atoms with Crippen LogP contribution in [-0.4, -0.2) is 145 Å². The first-order chi connectivity index (χ1) is 29.9. The van der Waals surface area contributed by atoms with Crippen LogP contribution in [0.1, 0.15) is 83.6 Å². The summed E-state index contributed by atoms with van der Waals surface area (Å²) in [6.45, 7) is 4.55. The van der Waals surface area contributed by atoms with Crippen molar-refractivity contribution >= 4 is 76.8 Å². The maximum atomic E-state index is 14.4. The fourth-order valence-corrected chi connectivity index (χ4v) is 8.86. The van der Waals surface area contributed by atoms with Gasteiger partial charge in [0.15, 0.2) is 0 Å². The van der Waals surface area contributed by atoms with E-state index >= 15 is 0 Å². The van der Waals surface area contributed by atoms with Crippen LogP contribution < -0.4 is 32.3 Å². The summed E-state index contributed by atoms with van der Waals surface area (Å²) in [5.41, 5.74) is 6.61. The van der Waals surface area contributed by atoms with Gasteiger partial charge in [-0.1, -0.05) is 32.0 Å². The number of nitrogens with one attached hydrogen (secondary N) is 6. The molecule has 0 bridgehead atoms. The standard InChI is InChI=1S/C42H59N9O11S/c1-22(2)17-30(36(55)47-29(42(61)62)11-13-34(43)52)48-38(57)32-10-6-16-50(32)41(60)28(12-14-35(53)54)46-37(56)31(18-23-20-45-26-8-4-3-7-25(23)26)49-39(58)33-19-24(63)21-51(33)40(59)27-9-5-15-44-27/h3-4,7-8,20,22,24,27-33,44-45,63H,5-6,9-19,21H2,1-2H3,(H2,43,52)(H,46,56)(H,47,55)(H,48,57)(H,49,58)(H,53,54)(H,61,62)/t24-,27+,28+,29+,30+,31+,32+,33+/m1/s1. The number of fused-ring (bicyclic) bond motifs is 1. The van der Waals surface area contributed by atoms with E-state index in [0.29, 0.717) is 24.9 Å². The summed E-state index contributed by atoms with van der Waals surface area (Å²) in [4.78, 5) is 125. The van der Waals surface area contributed by atoms with E-state index in [1.165, 1.54) is 9.80 Å². The van der Waals surface area contributed by atoms with Crippen molar-refractivity contribution in [1.82, 2.24) is 41.4 Å². The number of likely N-dealkylation sites (tertiary alicyclic amines) is 2. The van der Waals surface area contributed by atoms with Crippen LogP contribution in [0.2, 0.25) is 0 Å². The number of nitrogens with zero attached hydrogens (tertiary/aromatic N) is 2. The predicted octanol–water partition coefficient (Wildman–Crippen LogP) is -0.447. The van der Waals surface area contributed by atoms with E-state index in [4.69, 9.17) is 5.73 Å². The topological polar surface area (TPSA) is 303 Å². The van der Waals surface area contributed by atoms with E-state index in [0.717, 1.165) is 17.3 Å². The van der Waals surface area contributed by atoms with Crippen molar-refractivity contribution in [3.8, 4) is 0 Å². The predicted molar refractivity (Wildman–Crippen MR) is 231 cm³/mol. The molecular weight excluding hydrogens is 839 g/mol. The summed E-state index contributed by atoms with van der Waals surface area (Å²) < 4.78 is 0. The zero-order valence-electron chi connectivity index (χ0n) is 35.5. The summed E-state index contributed by atoms with van der Waals surface area (Å²) in [6, 6.07) is -0.605. The Balaban J connectivity index is 1.36. The molecule has 344 valence electrons. The summed E-state index contributed by atoms with van der Waals surface area (Å²) in [5, 5.41) is 33.5. The number of rotatable bonds is 21. The minimum atomic E-state index is -1.46. The van der Waals surface area contributed by atoms with E-state index in [1.54, 1.807) is 20.0 Å². The maximum Gasteiger partial charge on any atom is 0.326 e. The Morgan fingerprint density at radius 2 is 1.49 bits per heavy atom. The fourth-order valence-electron chi connectivity index (χ4n) is 8.49. The molecule has 7 amide bonds. The summed E-state index contributed by atoms with van der Waals surface area (Å²) in [6.07, 6.45) is 2.49. The van der Waals surface area contributed by atoms with E-state index in [2.05, 4.69) is 44.2 Å². The van der Waals surface area contributed by atoms with Crippen LogP contribution in [0.15, 0.2) is 30.5 Å². The van der Waals surface area contributed by atoms with Crippen LogP contribution in [0.4, 0.5) is 0 Å². The van der Waals surface area contributed by atoms with Gasteiger partial charge < -0.3 is 57.3 Å². The van der Waals surface area contributed by atoms with Gasteiger partial charge in [0, 0.05) is 54.7 Å². The average molecular weight is 898 g/mol. The Kier molecular flexibility index (Phi) is 16.9. The van der Waals surface area contributed by atoms with Gasteiger partial charge in [0.1, 0.15) is 36.3 Å². The lowest BCUT2D eigenvalue weighted by Crippen LogP contribution is -2.59. The van der Waals surface area contributed by atoms with Gasteiger partial charge in [-0.05, 0) is 75.5 Å². The summed E-state index contributed by atoms with van der Waals surface area (Å²) in [5.74, 6) is -7.46. The Bertz CT molecular complexity index is 2040. The molecule has 0 unspecified atom stereocenters. The van der Waals surface area contributed by atoms with Crippen molar-refractivity contribution in [2.24, 2.45) is 11.7 Å². The second-order valence-corrected chi connectivity index (χ2v) is 17.7. The number of thiol groups is 1. The van der Waals surface area contributed by atoms with Gasteiger partial charge in [-0.15, -0.1) is 0 Å². The number of aromatic nitrogens is 1. The van der Waals surface area contributed by atoms with E-state index in [9.17, 15) is 53.4 Å². The molecule has 20 nitrogen and oxygen atoms in total. The van der Waals surface area contributed by atoms with Crippen LogP contribution in [-0.2, 0) is 49.6 Å². The number of primary amides is 1. The largest absolute Gasteiger partial charge is 0.481 e. The molecule has 0 radical (unpaired) electrons. The Morgan fingerprint density at radius 3 is 2.16 bits per heavy atom. The van der Waals surface area contributed by atoms with Crippen molar-refractivity contribution in [3.63, 3.8) is 0 Å². The molecule has 8 atom stereocenters. The van der Waals surface area contributed by atoms with E-state index < -0.39 is 96.1 Å². The molecule has 3 fully saturated rings. The molecule has 5 rings (SSSR count). The normalized spacial score (nSPS) is 21.7. The van der Waals surface area contributed by atoms with Crippen LogP contribution in [0.3, 0.4) is 0 Å².